The van der Waals surface area contributed by atoms with Gasteiger partial charge in [-0.3, -0.25) is 4.79 Å². The van der Waals surface area contributed by atoms with Crippen molar-refractivity contribution < 1.29 is 4.79 Å². The molecule has 5 nitrogen and oxygen atoms in total. The normalized spacial score (nSPS) is 19.8. The molecule has 0 saturated carbocycles. The van der Waals surface area contributed by atoms with Crippen LogP contribution < -0.4 is 0 Å². The Morgan fingerprint density at radius 3 is 2.57 bits per heavy atom. The number of nitrogens with zero attached hydrogens (tertiary/aromatic N) is 4. The van der Waals surface area contributed by atoms with E-state index in [1.807, 2.05) is 31.1 Å². The van der Waals surface area contributed by atoms with E-state index in [2.05, 4.69) is 40.1 Å². The molecule has 1 aliphatic rings. The summed E-state index contributed by atoms with van der Waals surface area (Å²) in [5.41, 5.74) is 2.28. The van der Waals surface area contributed by atoms with E-state index >= 15 is 0 Å². The predicted octanol–water partition coefficient (Wildman–Crippen LogP) is 3.03. The lowest BCUT2D eigenvalue weighted by atomic mass is 10.0. The molecular weight excluding hydrogens is 288 g/mol. The first kappa shape index (κ1) is 15.8. The maximum absolute atomic E-state index is 13.0. The van der Waals surface area contributed by atoms with Crippen LogP contribution in [-0.2, 0) is 4.79 Å². The highest BCUT2D eigenvalue weighted by Gasteiger charge is 2.29. The zero-order chi connectivity index (χ0) is 16.6. The molecule has 2 aromatic rings. The average Bonchev–Trinajstić information content (AvgIpc) is 3.12. The molecule has 0 spiro atoms. The van der Waals surface area contributed by atoms with E-state index < -0.39 is 0 Å². The van der Waals surface area contributed by atoms with Crippen molar-refractivity contribution in [3.8, 4) is 0 Å². The Labute approximate surface area is 137 Å². The lowest BCUT2D eigenvalue weighted by Crippen LogP contribution is -2.43. The zero-order valence-electron chi connectivity index (χ0n) is 14.5. The van der Waals surface area contributed by atoms with Gasteiger partial charge in [0.2, 0.25) is 5.91 Å². The number of aromatic nitrogens is 3. The molecule has 23 heavy (non-hydrogen) atoms. The molecule has 3 heterocycles. The molecule has 3 rings (SSSR count). The van der Waals surface area contributed by atoms with Gasteiger partial charge in [0.1, 0.15) is 11.9 Å². The molecule has 5 heteroatoms. The molecular formula is C18H26N4O. The van der Waals surface area contributed by atoms with Gasteiger partial charge in [-0.2, -0.15) is 0 Å². The van der Waals surface area contributed by atoms with Gasteiger partial charge >= 0.3 is 0 Å². The van der Waals surface area contributed by atoms with Crippen molar-refractivity contribution in [3.05, 3.63) is 41.7 Å². The van der Waals surface area contributed by atoms with Gasteiger partial charge in [0.15, 0.2) is 0 Å². The van der Waals surface area contributed by atoms with Crippen LogP contribution in [0.1, 0.15) is 49.1 Å². The molecule has 0 aromatic carbocycles. The van der Waals surface area contributed by atoms with E-state index in [1.54, 1.807) is 0 Å². The second-order valence-corrected chi connectivity index (χ2v) is 6.62. The van der Waals surface area contributed by atoms with Crippen LogP contribution in [0, 0.1) is 20.8 Å². The topological polar surface area (TPSA) is 43.1 Å². The van der Waals surface area contributed by atoms with Crippen LogP contribution >= 0.6 is 0 Å². The second kappa shape index (κ2) is 6.22. The van der Waals surface area contributed by atoms with Crippen molar-refractivity contribution in [2.45, 2.75) is 52.6 Å². The van der Waals surface area contributed by atoms with Gasteiger partial charge in [0, 0.05) is 36.9 Å². The number of carbonyl (C=O) groups is 1. The third-order valence-corrected chi connectivity index (χ3v) is 5.03. The van der Waals surface area contributed by atoms with Gasteiger partial charge in [0.05, 0.1) is 6.04 Å². The number of imidazole rings is 1. The molecule has 124 valence electrons. The largest absolute Gasteiger partial charge is 0.339 e. The van der Waals surface area contributed by atoms with Crippen molar-refractivity contribution >= 4 is 5.91 Å². The van der Waals surface area contributed by atoms with E-state index in [0.29, 0.717) is 6.04 Å². The van der Waals surface area contributed by atoms with Gasteiger partial charge in [-0.05, 0) is 52.7 Å². The second-order valence-electron chi connectivity index (χ2n) is 6.62. The fraction of sp³-hybridized carbons (Fsp3) is 0.556. The van der Waals surface area contributed by atoms with Crippen LogP contribution in [0.3, 0.4) is 0 Å². The summed E-state index contributed by atoms with van der Waals surface area (Å²) in [5, 5.41) is 0. The lowest BCUT2D eigenvalue weighted by molar-refractivity contribution is -0.136. The smallest absolute Gasteiger partial charge is 0.245 e. The Balaban J connectivity index is 1.76. The van der Waals surface area contributed by atoms with Crippen molar-refractivity contribution in [2.75, 3.05) is 13.1 Å². The van der Waals surface area contributed by atoms with Crippen molar-refractivity contribution in [3.63, 3.8) is 0 Å². The van der Waals surface area contributed by atoms with Crippen LogP contribution in [0.4, 0.5) is 0 Å². The Morgan fingerprint density at radius 1 is 1.26 bits per heavy atom. The molecule has 1 amide bonds. The van der Waals surface area contributed by atoms with Gasteiger partial charge in [-0.15, -0.1) is 0 Å². The molecule has 1 saturated heterocycles. The molecule has 2 atom stereocenters. The predicted molar refractivity (Wildman–Crippen MR) is 90.4 cm³/mol. The van der Waals surface area contributed by atoms with Crippen LogP contribution in [0.25, 0.3) is 0 Å². The summed E-state index contributed by atoms with van der Waals surface area (Å²) in [6.45, 7) is 9.78. The third-order valence-electron chi connectivity index (χ3n) is 5.03. The molecule has 0 N–H and O–H groups in total. The van der Waals surface area contributed by atoms with Gasteiger partial charge < -0.3 is 14.0 Å². The Morgan fingerprint density at radius 2 is 1.96 bits per heavy atom. The summed E-state index contributed by atoms with van der Waals surface area (Å²) in [6.07, 6.45) is 6.02. The molecule has 1 fully saturated rings. The standard InChI is InChI=1S/C18H26N4O/c1-13-7-8-14(2)22(13)15(3)18(23)20-10-5-6-17(12-20)21-11-9-19-16(21)4/h7-9,11,15,17H,5-6,10,12H2,1-4H3/t15-,17-/m0/s1. The minimum atomic E-state index is -0.146. The lowest BCUT2D eigenvalue weighted by Gasteiger charge is -2.36. The molecule has 1 aliphatic heterocycles. The summed E-state index contributed by atoms with van der Waals surface area (Å²) >= 11 is 0. The minimum absolute atomic E-state index is 0.146. The van der Waals surface area contributed by atoms with Crippen LogP contribution in [-0.4, -0.2) is 38.0 Å². The van der Waals surface area contributed by atoms with Gasteiger partial charge in [-0.1, -0.05) is 0 Å². The number of piperidine rings is 1. The summed E-state index contributed by atoms with van der Waals surface area (Å²) < 4.78 is 4.34. The average molecular weight is 314 g/mol. The Bertz CT molecular complexity index is 680. The van der Waals surface area contributed by atoms with Crippen LogP contribution in [0.5, 0.6) is 0 Å². The Kier molecular flexibility index (Phi) is 4.28. The number of carbonyl (C=O) groups excluding carboxylic acids is 1. The maximum Gasteiger partial charge on any atom is 0.245 e. The number of likely N-dealkylation sites (tertiary alicyclic amines) is 1. The number of amides is 1. The van der Waals surface area contributed by atoms with E-state index in [4.69, 9.17) is 0 Å². The molecule has 2 aromatic heterocycles. The first-order valence-electron chi connectivity index (χ1n) is 8.41. The molecule has 0 aliphatic carbocycles. The summed E-state index contributed by atoms with van der Waals surface area (Å²) in [7, 11) is 0. The van der Waals surface area contributed by atoms with Gasteiger partial charge in [0.25, 0.3) is 0 Å². The number of rotatable bonds is 3. The summed E-state index contributed by atoms with van der Waals surface area (Å²) in [4.78, 5) is 19.3. The molecule has 0 bridgehead atoms. The first-order valence-corrected chi connectivity index (χ1v) is 8.41. The summed E-state index contributed by atoms with van der Waals surface area (Å²) in [6, 6.07) is 4.35. The highest BCUT2D eigenvalue weighted by atomic mass is 16.2. The van der Waals surface area contributed by atoms with Crippen LogP contribution in [0.15, 0.2) is 24.5 Å². The fourth-order valence-electron chi connectivity index (χ4n) is 3.82. The van der Waals surface area contributed by atoms with Crippen LogP contribution in [0.2, 0.25) is 0 Å². The van der Waals surface area contributed by atoms with Crippen molar-refractivity contribution in [1.29, 1.82) is 0 Å². The van der Waals surface area contributed by atoms with Crippen molar-refractivity contribution in [2.24, 2.45) is 0 Å². The SMILES string of the molecule is Cc1nccn1[C@H]1CCCN(C(=O)[C@H](C)n2c(C)ccc2C)C1. The summed E-state index contributed by atoms with van der Waals surface area (Å²) in [5.74, 6) is 1.24. The first-order chi connectivity index (χ1) is 11.0. The van der Waals surface area contributed by atoms with Crippen molar-refractivity contribution in [1.82, 2.24) is 19.0 Å². The number of hydrogen-bond acceptors (Lipinski definition) is 2. The molecule has 0 radical (unpaired) electrons. The Hall–Kier alpha value is -2.04. The highest BCUT2D eigenvalue weighted by Crippen LogP contribution is 2.25. The highest BCUT2D eigenvalue weighted by molar-refractivity contribution is 5.80. The van der Waals surface area contributed by atoms with E-state index in [9.17, 15) is 4.79 Å². The van der Waals surface area contributed by atoms with E-state index in [0.717, 1.165) is 43.1 Å². The maximum atomic E-state index is 13.0. The zero-order valence-corrected chi connectivity index (χ0v) is 14.5. The van der Waals surface area contributed by atoms with Gasteiger partial charge in [-0.25, -0.2) is 4.98 Å². The quantitative estimate of drug-likeness (QED) is 0.874. The van der Waals surface area contributed by atoms with E-state index in [1.165, 1.54) is 0 Å². The molecule has 0 unspecified atom stereocenters. The fourth-order valence-corrected chi connectivity index (χ4v) is 3.82. The minimum Gasteiger partial charge on any atom is -0.339 e. The number of hydrogen-bond donors (Lipinski definition) is 0. The van der Waals surface area contributed by atoms with E-state index in [-0.39, 0.29) is 11.9 Å². The number of aryl methyl sites for hydroxylation is 3. The monoisotopic (exact) mass is 314 g/mol. The third kappa shape index (κ3) is 2.92.